The second kappa shape index (κ2) is 15.1. The minimum absolute atomic E-state index is 0.601. The van der Waals surface area contributed by atoms with E-state index >= 15 is 0 Å². The van der Waals surface area contributed by atoms with Crippen molar-refractivity contribution in [2.45, 2.75) is 19.8 Å². The maximum atomic E-state index is 6.55. The molecule has 0 unspecified atom stereocenters. The van der Waals surface area contributed by atoms with Gasteiger partial charge in [-0.1, -0.05) is 117 Å². The van der Waals surface area contributed by atoms with Crippen molar-refractivity contribution in [3.8, 4) is 45.7 Å². The zero-order valence-electron chi connectivity index (χ0n) is 29.3. The van der Waals surface area contributed by atoms with E-state index in [0.29, 0.717) is 46.8 Å². The molecule has 8 rings (SSSR count). The van der Waals surface area contributed by atoms with Crippen LogP contribution in [0.3, 0.4) is 0 Å². The lowest BCUT2D eigenvalue weighted by atomic mass is 10.1. The van der Waals surface area contributed by atoms with Gasteiger partial charge in [-0.2, -0.15) is 0 Å². The molecule has 1 aliphatic heterocycles. The number of fused-ring (bicyclic) bond motifs is 1. The first-order valence-corrected chi connectivity index (χ1v) is 17.7. The largest absolute Gasteiger partial charge is 0.454 e. The monoisotopic (exact) mass is 691 g/mol. The molecule has 6 aromatic carbocycles. The molecule has 7 aromatic rings. The van der Waals surface area contributed by atoms with Crippen LogP contribution in [-0.2, 0) is 0 Å². The smallest absolute Gasteiger partial charge is 0.189 e. The van der Waals surface area contributed by atoms with Crippen LogP contribution in [0.25, 0.3) is 34.2 Å². The molecule has 0 amide bonds. The molecule has 0 saturated heterocycles. The Morgan fingerprint density at radius 3 is 1.64 bits per heavy atom. The van der Waals surface area contributed by atoms with Gasteiger partial charge in [-0.05, 0) is 67.1 Å². The summed E-state index contributed by atoms with van der Waals surface area (Å²) >= 11 is 0. The number of nitrogens with one attached hydrogen (secondary N) is 1. The Hall–Kier alpha value is -6.99. The van der Waals surface area contributed by atoms with Crippen LogP contribution in [0, 0.1) is 0 Å². The van der Waals surface area contributed by atoms with Crippen molar-refractivity contribution >= 4 is 22.7 Å². The molecular weight excluding hydrogens is 655 g/mol. The third-order valence-electron chi connectivity index (χ3n) is 8.84. The SMILES string of the molecule is C=C(C1=C(CCC)Oc2ccccc2O1)N(c1ccccc1)c1ccccc1Nc1ccc(-c2nc(-c3ccccc3)nc(-c3ccccc3)n2)cc1. The molecule has 1 aliphatic rings. The average molecular weight is 692 g/mol. The van der Waals surface area contributed by atoms with Gasteiger partial charge in [-0.15, -0.1) is 0 Å². The fourth-order valence-corrected chi connectivity index (χ4v) is 6.27. The molecule has 1 N–H and O–H groups in total. The Bertz CT molecular complexity index is 2340. The Labute approximate surface area is 309 Å². The van der Waals surface area contributed by atoms with E-state index in [1.165, 1.54) is 0 Å². The quantitative estimate of drug-likeness (QED) is 0.145. The van der Waals surface area contributed by atoms with E-state index < -0.39 is 0 Å². The maximum absolute atomic E-state index is 6.55. The number of hydrogen-bond donors (Lipinski definition) is 1. The van der Waals surface area contributed by atoms with Crippen molar-refractivity contribution < 1.29 is 9.47 Å². The Kier molecular flexibility index (Phi) is 9.44. The molecule has 258 valence electrons. The summed E-state index contributed by atoms with van der Waals surface area (Å²) in [5.74, 6) is 4.57. The van der Waals surface area contributed by atoms with Crippen molar-refractivity contribution in [1.82, 2.24) is 15.0 Å². The van der Waals surface area contributed by atoms with Gasteiger partial charge in [-0.3, -0.25) is 0 Å². The molecule has 53 heavy (non-hydrogen) atoms. The lowest BCUT2D eigenvalue weighted by molar-refractivity contribution is 0.288. The number of benzene rings is 6. The summed E-state index contributed by atoms with van der Waals surface area (Å²) in [6.45, 7) is 6.73. The standard InChI is InChI=1S/C46H37N5O2/c1-3-17-42-43(53-41-27-16-15-26-40(41)52-42)32(2)51(37-22-11-6-12-23-37)39-25-14-13-24-38(39)47-36-30-28-35(29-31-36)46-49-44(33-18-7-4-8-19-33)48-45(50-46)34-20-9-5-10-21-34/h4-16,18-31,47H,2-3,17H2,1H3. The van der Waals surface area contributed by atoms with Crippen LogP contribution >= 0.6 is 0 Å². The third-order valence-corrected chi connectivity index (χ3v) is 8.84. The molecule has 7 heteroatoms. The van der Waals surface area contributed by atoms with Crippen LogP contribution < -0.4 is 19.7 Å². The van der Waals surface area contributed by atoms with Crippen LogP contribution in [0.2, 0.25) is 0 Å². The first-order chi connectivity index (χ1) is 26.1. The maximum Gasteiger partial charge on any atom is 0.189 e. The number of aromatic nitrogens is 3. The van der Waals surface area contributed by atoms with E-state index in [1.54, 1.807) is 0 Å². The number of para-hydroxylation sites is 5. The predicted molar refractivity (Wildman–Crippen MR) is 213 cm³/mol. The normalized spacial score (nSPS) is 11.9. The molecule has 0 fully saturated rings. The summed E-state index contributed by atoms with van der Waals surface area (Å²) < 4.78 is 12.9. The molecule has 0 aliphatic carbocycles. The molecule has 0 bridgehead atoms. The highest BCUT2D eigenvalue weighted by Crippen LogP contribution is 2.43. The second-order valence-corrected chi connectivity index (χ2v) is 12.5. The van der Waals surface area contributed by atoms with Crippen LogP contribution in [0.4, 0.5) is 22.7 Å². The number of hydrogen-bond acceptors (Lipinski definition) is 7. The van der Waals surface area contributed by atoms with E-state index in [4.69, 9.17) is 24.4 Å². The van der Waals surface area contributed by atoms with E-state index in [9.17, 15) is 0 Å². The fourth-order valence-electron chi connectivity index (χ4n) is 6.27. The molecule has 0 spiro atoms. The van der Waals surface area contributed by atoms with Gasteiger partial charge in [0.25, 0.3) is 0 Å². The molecule has 0 atom stereocenters. The Morgan fingerprint density at radius 2 is 1.06 bits per heavy atom. The summed E-state index contributed by atoms with van der Waals surface area (Å²) in [5.41, 5.74) is 7.03. The molecule has 0 saturated carbocycles. The van der Waals surface area contributed by atoms with Crippen LogP contribution in [0.15, 0.2) is 188 Å². The summed E-state index contributed by atoms with van der Waals surface area (Å²) in [7, 11) is 0. The summed E-state index contributed by atoms with van der Waals surface area (Å²) in [4.78, 5) is 16.7. The average Bonchev–Trinajstić information content (AvgIpc) is 3.22. The minimum atomic E-state index is 0.601. The number of ether oxygens (including phenoxy) is 2. The highest BCUT2D eigenvalue weighted by atomic mass is 16.6. The van der Waals surface area contributed by atoms with Gasteiger partial charge in [0.2, 0.25) is 0 Å². The van der Waals surface area contributed by atoms with Gasteiger partial charge in [0.1, 0.15) is 5.76 Å². The molecule has 0 radical (unpaired) electrons. The van der Waals surface area contributed by atoms with Crippen molar-refractivity contribution in [1.29, 1.82) is 0 Å². The van der Waals surface area contributed by atoms with Crippen molar-refractivity contribution in [2.24, 2.45) is 0 Å². The van der Waals surface area contributed by atoms with Gasteiger partial charge in [0, 0.05) is 34.5 Å². The van der Waals surface area contributed by atoms with Crippen molar-refractivity contribution in [3.05, 3.63) is 188 Å². The predicted octanol–water partition coefficient (Wildman–Crippen LogP) is 11.8. The first-order valence-electron chi connectivity index (χ1n) is 17.7. The van der Waals surface area contributed by atoms with E-state index in [-0.39, 0.29) is 0 Å². The summed E-state index contributed by atoms with van der Waals surface area (Å²) in [6, 6.07) is 54.2. The van der Waals surface area contributed by atoms with Gasteiger partial charge < -0.3 is 19.7 Å². The number of nitrogens with zero attached hydrogens (tertiary/aromatic N) is 4. The second-order valence-electron chi connectivity index (χ2n) is 12.5. The van der Waals surface area contributed by atoms with Crippen LogP contribution in [0.5, 0.6) is 11.5 Å². The number of rotatable bonds is 11. The highest BCUT2D eigenvalue weighted by Gasteiger charge is 2.28. The van der Waals surface area contributed by atoms with E-state index in [1.807, 2.05) is 140 Å². The van der Waals surface area contributed by atoms with Crippen molar-refractivity contribution in [2.75, 3.05) is 10.2 Å². The highest BCUT2D eigenvalue weighted by molar-refractivity contribution is 5.84. The molecule has 1 aromatic heterocycles. The van der Waals surface area contributed by atoms with E-state index in [2.05, 4.69) is 48.0 Å². The molecular formula is C46H37N5O2. The van der Waals surface area contributed by atoms with Gasteiger partial charge >= 0.3 is 0 Å². The summed E-state index contributed by atoms with van der Waals surface area (Å²) in [6.07, 6.45) is 1.60. The fraction of sp³-hybridized carbons (Fsp3) is 0.0652. The van der Waals surface area contributed by atoms with Gasteiger partial charge in [0.05, 0.1) is 17.1 Å². The topological polar surface area (TPSA) is 72.4 Å². The zero-order chi connectivity index (χ0) is 36.0. The van der Waals surface area contributed by atoms with E-state index in [0.717, 1.165) is 51.6 Å². The minimum Gasteiger partial charge on any atom is -0.454 e. The Morgan fingerprint density at radius 1 is 0.566 bits per heavy atom. The summed E-state index contributed by atoms with van der Waals surface area (Å²) in [5, 5.41) is 3.66. The van der Waals surface area contributed by atoms with Crippen LogP contribution in [0.1, 0.15) is 19.8 Å². The van der Waals surface area contributed by atoms with Gasteiger partial charge in [0.15, 0.2) is 34.7 Å². The first kappa shape index (κ1) is 33.2. The van der Waals surface area contributed by atoms with Crippen molar-refractivity contribution in [3.63, 3.8) is 0 Å². The zero-order valence-corrected chi connectivity index (χ0v) is 29.3. The molecule has 2 heterocycles. The lowest BCUT2D eigenvalue weighted by Crippen LogP contribution is -2.24. The lowest BCUT2D eigenvalue weighted by Gasteiger charge is -2.32. The molecule has 7 nitrogen and oxygen atoms in total. The third kappa shape index (κ3) is 7.14. The Balaban J connectivity index is 1.13. The number of anilines is 4. The van der Waals surface area contributed by atoms with Crippen LogP contribution in [-0.4, -0.2) is 15.0 Å². The van der Waals surface area contributed by atoms with Gasteiger partial charge in [-0.25, -0.2) is 15.0 Å². The number of allylic oxidation sites excluding steroid dienone is 1.